The minimum atomic E-state index is -1.85. The van der Waals surface area contributed by atoms with E-state index in [9.17, 15) is 19.8 Å². The van der Waals surface area contributed by atoms with Crippen molar-refractivity contribution < 1.29 is 35.1 Å². The van der Waals surface area contributed by atoms with Crippen LogP contribution in [0.3, 0.4) is 0 Å². The van der Waals surface area contributed by atoms with Crippen LogP contribution >= 0.6 is 0 Å². The zero-order valence-corrected chi connectivity index (χ0v) is 10.3. The van der Waals surface area contributed by atoms with Crippen LogP contribution < -0.4 is 0 Å². The van der Waals surface area contributed by atoms with Gasteiger partial charge in [0.15, 0.2) is 5.78 Å². The molecule has 1 aliphatic rings. The second-order valence-electron chi connectivity index (χ2n) is 4.62. The largest absolute Gasteiger partial charge is 0.480 e. The fraction of sp³-hybridized carbons (Fsp3) is 0.818. The number of Topliss-reactive ketones (excluding diaryl/α,β-unsaturated/α-hetero) is 1. The third kappa shape index (κ3) is 3.95. The van der Waals surface area contributed by atoms with Crippen molar-refractivity contribution in [3.63, 3.8) is 0 Å². The summed E-state index contributed by atoms with van der Waals surface area (Å²) in [5, 5.41) is 45.6. The maximum absolute atomic E-state index is 11.7. The fourth-order valence-electron chi connectivity index (χ4n) is 2.10. The van der Waals surface area contributed by atoms with E-state index in [4.69, 9.17) is 15.3 Å². The lowest BCUT2D eigenvalue weighted by atomic mass is 10.0. The van der Waals surface area contributed by atoms with Crippen LogP contribution in [0.15, 0.2) is 0 Å². The minimum absolute atomic E-state index is 0.312. The van der Waals surface area contributed by atoms with Gasteiger partial charge in [0, 0.05) is 0 Å². The second kappa shape index (κ2) is 6.92. The van der Waals surface area contributed by atoms with Crippen molar-refractivity contribution in [2.24, 2.45) is 0 Å². The van der Waals surface area contributed by atoms with E-state index in [1.807, 2.05) is 0 Å². The molecule has 8 heteroatoms. The number of aliphatic hydroxyl groups excluding tert-OH is 4. The molecule has 0 aromatic heterocycles. The predicted octanol–water partition coefficient (Wildman–Crippen LogP) is -2.82. The smallest absolute Gasteiger partial charge is 0.320 e. The van der Waals surface area contributed by atoms with Crippen LogP contribution in [0.1, 0.15) is 12.8 Å². The topological polar surface area (TPSA) is 139 Å². The van der Waals surface area contributed by atoms with E-state index in [0.717, 1.165) is 0 Å². The van der Waals surface area contributed by atoms with Crippen LogP contribution in [-0.4, -0.2) is 86.2 Å². The number of aliphatic hydroxyl groups is 4. The van der Waals surface area contributed by atoms with Crippen molar-refractivity contribution in [2.45, 2.75) is 37.2 Å². The first-order valence-corrected chi connectivity index (χ1v) is 6.03. The first kappa shape index (κ1) is 16.0. The van der Waals surface area contributed by atoms with Crippen LogP contribution in [0.4, 0.5) is 0 Å². The van der Waals surface area contributed by atoms with E-state index in [-0.39, 0.29) is 6.54 Å². The average molecular weight is 277 g/mol. The lowest BCUT2D eigenvalue weighted by Crippen LogP contribution is -2.48. The Kier molecular flexibility index (Phi) is 5.83. The van der Waals surface area contributed by atoms with Crippen molar-refractivity contribution >= 4 is 11.8 Å². The van der Waals surface area contributed by atoms with Crippen LogP contribution in [0.25, 0.3) is 0 Å². The van der Waals surface area contributed by atoms with Gasteiger partial charge in [-0.1, -0.05) is 0 Å². The van der Waals surface area contributed by atoms with Gasteiger partial charge in [-0.15, -0.1) is 0 Å². The second-order valence-corrected chi connectivity index (χ2v) is 4.62. The Labute approximate surface area is 109 Å². The molecule has 19 heavy (non-hydrogen) atoms. The molecule has 110 valence electrons. The Morgan fingerprint density at radius 3 is 2.42 bits per heavy atom. The number of ketones is 1. The fourth-order valence-corrected chi connectivity index (χ4v) is 2.10. The molecule has 1 heterocycles. The summed E-state index contributed by atoms with van der Waals surface area (Å²) >= 11 is 0. The number of carbonyl (C=O) groups is 2. The van der Waals surface area contributed by atoms with Gasteiger partial charge in [0.25, 0.3) is 0 Å². The van der Waals surface area contributed by atoms with E-state index in [0.29, 0.717) is 19.4 Å². The first-order valence-electron chi connectivity index (χ1n) is 6.03. The molecule has 0 amide bonds. The third-order valence-electron chi connectivity index (χ3n) is 3.24. The number of hydrogen-bond donors (Lipinski definition) is 5. The number of carbonyl (C=O) groups excluding carboxylic acids is 1. The molecular formula is C11H19NO7. The highest BCUT2D eigenvalue weighted by molar-refractivity contribution is 5.86. The van der Waals surface area contributed by atoms with Crippen molar-refractivity contribution in [3.8, 4) is 0 Å². The van der Waals surface area contributed by atoms with Crippen LogP contribution in [0, 0.1) is 0 Å². The van der Waals surface area contributed by atoms with Gasteiger partial charge in [-0.25, -0.2) is 0 Å². The van der Waals surface area contributed by atoms with Gasteiger partial charge in [-0.05, 0) is 19.4 Å². The molecule has 1 rings (SSSR count). The Hall–Kier alpha value is -1.06. The lowest BCUT2D eigenvalue weighted by molar-refractivity contribution is -0.145. The van der Waals surface area contributed by atoms with E-state index in [1.165, 1.54) is 4.90 Å². The first-order chi connectivity index (χ1) is 8.88. The third-order valence-corrected chi connectivity index (χ3v) is 3.24. The Morgan fingerprint density at radius 1 is 1.26 bits per heavy atom. The number of likely N-dealkylation sites (tertiary alicyclic amines) is 1. The maximum atomic E-state index is 11.7. The van der Waals surface area contributed by atoms with Crippen molar-refractivity contribution in [1.29, 1.82) is 0 Å². The molecule has 3 unspecified atom stereocenters. The van der Waals surface area contributed by atoms with Gasteiger partial charge in [0.1, 0.15) is 24.4 Å². The molecule has 0 aliphatic carbocycles. The number of rotatable bonds is 7. The summed E-state index contributed by atoms with van der Waals surface area (Å²) in [6.45, 7) is -0.672. The van der Waals surface area contributed by atoms with E-state index >= 15 is 0 Å². The lowest BCUT2D eigenvalue weighted by Gasteiger charge is -2.24. The zero-order valence-electron chi connectivity index (χ0n) is 10.3. The summed E-state index contributed by atoms with van der Waals surface area (Å²) in [5.74, 6) is -1.82. The van der Waals surface area contributed by atoms with Gasteiger partial charge in [-0.2, -0.15) is 0 Å². The van der Waals surface area contributed by atoms with Crippen molar-refractivity contribution in [2.75, 3.05) is 19.7 Å². The summed E-state index contributed by atoms with van der Waals surface area (Å²) in [6, 6.07) is -0.768. The molecule has 1 saturated heterocycles. The van der Waals surface area contributed by atoms with Crippen LogP contribution in [0.2, 0.25) is 0 Å². The van der Waals surface area contributed by atoms with Gasteiger partial charge >= 0.3 is 5.97 Å². The predicted molar refractivity (Wildman–Crippen MR) is 62.3 cm³/mol. The number of carboxylic acid groups (broad SMARTS) is 1. The molecule has 1 fully saturated rings. The normalized spacial score (nSPS) is 24.9. The summed E-state index contributed by atoms with van der Waals surface area (Å²) in [6.07, 6.45) is -4.18. The highest BCUT2D eigenvalue weighted by atomic mass is 16.4. The number of nitrogens with zero attached hydrogens (tertiary/aromatic N) is 1. The molecule has 0 aromatic carbocycles. The number of aliphatic carboxylic acids is 1. The summed E-state index contributed by atoms with van der Waals surface area (Å²) < 4.78 is 0. The monoisotopic (exact) mass is 277 g/mol. The molecule has 5 N–H and O–H groups in total. The van der Waals surface area contributed by atoms with E-state index < -0.39 is 42.7 Å². The van der Waals surface area contributed by atoms with Crippen LogP contribution in [-0.2, 0) is 9.59 Å². The van der Waals surface area contributed by atoms with Gasteiger partial charge < -0.3 is 25.5 Å². The standard InChI is InChI=1S/C11H19NO7/c13-5-8(15)10(17)9(16)7(14)4-12-3-1-2-6(12)11(18)19/h6,8-10,13,15-17H,1-5H2,(H,18,19)/t6-,8?,9?,10?/m0/s1. The van der Waals surface area contributed by atoms with Gasteiger partial charge in [0.2, 0.25) is 0 Å². The average Bonchev–Trinajstić information content (AvgIpc) is 2.84. The van der Waals surface area contributed by atoms with Crippen molar-refractivity contribution in [1.82, 2.24) is 4.90 Å². The highest BCUT2D eigenvalue weighted by Gasteiger charge is 2.35. The van der Waals surface area contributed by atoms with Crippen molar-refractivity contribution in [3.05, 3.63) is 0 Å². The van der Waals surface area contributed by atoms with Gasteiger partial charge in [-0.3, -0.25) is 14.5 Å². The number of hydrogen-bond acceptors (Lipinski definition) is 7. The quantitative estimate of drug-likeness (QED) is 0.336. The molecule has 0 spiro atoms. The zero-order chi connectivity index (χ0) is 14.6. The Balaban J connectivity index is 2.56. The minimum Gasteiger partial charge on any atom is -0.480 e. The van der Waals surface area contributed by atoms with E-state index in [1.54, 1.807) is 0 Å². The molecule has 0 bridgehead atoms. The van der Waals surface area contributed by atoms with Gasteiger partial charge in [0.05, 0.1) is 13.2 Å². The molecular weight excluding hydrogens is 258 g/mol. The van der Waals surface area contributed by atoms with E-state index in [2.05, 4.69) is 0 Å². The summed E-state index contributed by atoms with van der Waals surface area (Å²) in [5.41, 5.74) is 0. The van der Waals surface area contributed by atoms with Crippen LogP contribution in [0.5, 0.6) is 0 Å². The molecule has 4 atom stereocenters. The Morgan fingerprint density at radius 2 is 1.89 bits per heavy atom. The molecule has 0 aromatic rings. The SMILES string of the molecule is O=C(CN1CCC[C@H]1C(=O)O)C(O)C(O)C(O)CO. The highest BCUT2D eigenvalue weighted by Crippen LogP contribution is 2.17. The molecule has 8 nitrogen and oxygen atoms in total. The number of carboxylic acids is 1. The Bertz CT molecular complexity index is 335. The summed E-state index contributed by atoms with van der Waals surface area (Å²) in [4.78, 5) is 24.0. The molecule has 0 radical (unpaired) electrons. The molecule has 1 aliphatic heterocycles. The summed E-state index contributed by atoms with van der Waals surface area (Å²) in [7, 11) is 0. The molecule has 0 saturated carbocycles. The maximum Gasteiger partial charge on any atom is 0.320 e.